The maximum Gasteiger partial charge on any atom is 0.119 e. The van der Waals surface area contributed by atoms with Crippen molar-refractivity contribution in [3.8, 4) is 5.75 Å². The second-order valence-corrected chi connectivity index (χ2v) is 6.98. The number of fused-ring (bicyclic) bond motifs is 1. The molecule has 2 aliphatic rings. The Morgan fingerprint density at radius 1 is 1.30 bits per heavy atom. The van der Waals surface area contributed by atoms with Crippen LogP contribution in [-0.4, -0.2) is 32.1 Å². The van der Waals surface area contributed by atoms with Gasteiger partial charge in [-0.05, 0) is 62.4 Å². The van der Waals surface area contributed by atoms with Crippen molar-refractivity contribution in [2.75, 3.05) is 27.2 Å². The minimum atomic E-state index is 0.388. The molecule has 0 radical (unpaired) electrons. The molecule has 0 aromatic heterocycles. The fraction of sp³-hybridized carbons (Fsp3) is 0.667. The average Bonchev–Trinajstić information content (AvgIpc) is 2.47. The van der Waals surface area contributed by atoms with Crippen LogP contribution in [0.2, 0.25) is 0 Å². The first-order valence-electron chi connectivity index (χ1n) is 7.97. The van der Waals surface area contributed by atoms with Gasteiger partial charge in [0.05, 0.1) is 7.11 Å². The third kappa shape index (κ3) is 2.35. The molecular formula is C18H27NO. The number of hydrogen-bond acceptors (Lipinski definition) is 2. The lowest BCUT2D eigenvalue weighted by atomic mass is 9.57. The summed E-state index contributed by atoms with van der Waals surface area (Å²) >= 11 is 0. The van der Waals surface area contributed by atoms with E-state index >= 15 is 0 Å². The Morgan fingerprint density at radius 2 is 2.15 bits per heavy atom. The second-order valence-electron chi connectivity index (χ2n) is 6.98. The Morgan fingerprint density at radius 3 is 2.95 bits per heavy atom. The highest BCUT2D eigenvalue weighted by molar-refractivity contribution is 5.36. The predicted octanol–water partition coefficient (Wildman–Crippen LogP) is 3.70. The van der Waals surface area contributed by atoms with E-state index in [1.807, 2.05) is 0 Å². The van der Waals surface area contributed by atoms with Crippen molar-refractivity contribution in [3.63, 3.8) is 0 Å². The fourth-order valence-corrected chi connectivity index (χ4v) is 4.51. The highest BCUT2D eigenvalue weighted by Crippen LogP contribution is 2.50. The van der Waals surface area contributed by atoms with Crippen molar-refractivity contribution < 1.29 is 4.74 Å². The molecule has 1 aliphatic heterocycles. The Labute approximate surface area is 123 Å². The minimum Gasteiger partial charge on any atom is -0.497 e. The molecule has 1 heterocycles. The molecule has 1 aromatic rings. The van der Waals surface area contributed by atoms with Crippen LogP contribution >= 0.6 is 0 Å². The molecule has 3 rings (SSSR count). The molecule has 110 valence electrons. The number of nitrogens with zero attached hydrogens (tertiary/aromatic N) is 1. The molecule has 0 N–H and O–H groups in total. The molecule has 0 amide bonds. The van der Waals surface area contributed by atoms with E-state index in [0.717, 1.165) is 17.6 Å². The first-order valence-corrected chi connectivity index (χ1v) is 7.97. The van der Waals surface area contributed by atoms with Crippen molar-refractivity contribution in [1.82, 2.24) is 4.90 Å². The summed E-state index contributed by atoms with van der Waals surface area (Å²) in [5, 5.41) is 0. The van der Waals surface area contributed by atoms with Crippen molar-refractivity contribution in [1.29, 1.82) is 0 Å². The van der Waals surface area contributed by atoms with E-state index in [9.17, 15) is 0 Å². The van der Waals surface area contributed by atoms with Gasteiger partial charge in [0.1, 0.15) is 5.75 Å². The Bertz CT molecular complexity index is 472. The first kappa shape index (κ1) is 13.9. The third-order valence-electron chi connectivity index (χ3n) is 5.62. The van der Waals surface area contributed by atoms with Crippen LogP contribution in [0.5, 0.6) is 5.75 Å². The van der Waals surface area contributed by atoms with Crippen molar-refractivity contribution in [3.05, 3.63) is 29.8 Å². The Kier molecular flexibility index (Phi) is 3.76. The Hall–Kier alpha value is -1.02. The van der Waals surface area contributed by atoms with Crippen molar-refractivity contribution >= 4 is 0 Å². The van der Waals surface area contributed by atoms with E-state index < -0.39 is 0 Å². The molecule has 0 bridgehead atoms. The van der Waals surface area contributed by atoms with Gasteiger partial charge in [-0.25, -0.2) is 0 Å². The number of hydrogen-bond donors (Lipinski definition) is 0. The Balaban J connectivity index is 1.99. The van der Waals surface area contributed by atoms with Gasteiger partial charge in [0.25, 0.3) is 0 Å². The smallest absolute Gasteiger partial charge is 0.119 e. The molecular weight excluding hydrogens is 246 g/mol. The number of methoxy groups -OCH3 is 1. The van der Waals surface area contributed by atoms with Gasteiger partial charge in [-0.15, -0.1) is 0 Å². The molecule has 2 nitrogen and oxygen atoms in total. The van der Waals surface area contributed by atoms with Gasteiger partial charge in [-0.3, -0.25) is 0 Å². The van der Waals surface area contributed by atoms with E-state index in [4.69, 9.17) is 4.74 Å². The average molecular weight is 273 g/mol. The molecule has 1 saturated carbocycles. The first-order chi connectivity index (χ1) is 9.64. The number of benzene rings is 1. The summed E-state index contributed by atoms with van der Waals surface area (Å²) in [5.41, 5.74) is 1.90. The lowest BCUT2D eigenvalue weighted by Gasteiger charge is -2.52. The standard InChI is InChI=1S/C18H27NO/c1-14-7-8-16-13-19(2)10-9-18(16,12-14)15-5-4-6-17(11-15)20-3/h4-6,11,14,16H,7-10,12-13H2,1-3H3/t14-,16-,18-/m0/s1. The van der Waals surface area contributed by atoms with Crippen LogP contribution in [0, 0.1) is 11.8 Å². The summed E-state index contributed by atoms with van der Waals surface area (Å²) in [6.07, 6.45) is 5.41. The lowest BCUT2D eigenvalue weighted by Crippen LogP contribution is -2.51. The van der Waals surface area contributed by atoms with Crippen molar-refractivity contribution in [2.24, 2.45) is 11.8 Å². The molecule has 0 unspecified atom stereocenters. The number of likely N-dealkylation sites (tertiary alicyclic amines) is 1. The summed E-state index contributed by atoms with van der Waals surface area (Å²) < 4.78 is 5.46. The van der Waals surface area contributed by atoms with Crippen molar-refractivity contribution in [2.45, 2.75) is 38.0 Å². The van der Waals surface area contributed by atoms with Crippen LogP contribution in [0.4, 0.5) is 0 Å². The zero-order valence-corrected chi connectivity index (χ0v) is 13.1. The zero-order valence-electron chi connectivity index (χ0n) is 13.1. The van der Waals surface area contributed by atoms with Gasteiger partial charge in [0, 0.05) is 12.0 Å². The van der Waals surface area contributed by atoms with E-state index in [2.05, 4.69) is 43.1 Å². The maximum atomic E-state index is 5.46. The number of rotatable bonds is 2. The van der Waals surface area contributed by atoms with Gasteiger partial charge >= 0.3 is 0 Å². The van der Waals surface area contributed by atoms with Crippen LogP contribution in [0.1, 0.15) is 38.2 Å². The summed E-state index contributed by atoms with van der Waals surface area (Å²) in [6, 6.07) is 8.85. The normalized spacial score (nSPS) is 34.5. The molecule has 1 aliphatic carbocycles. The molecule has 2 heteroatoms. The van der Waals surface area contributed by atoms with Gasteiger partial charge in [-0.2, -0.15) is 0 Å². The van der Waals surface area contributed by atoms with E-state index in [1.165, 1.54) is 44.3 Å². The van der Waals surface area contributed by atoms with Crippen LogP contribution in [0.15, 0.2) is 24.3 Å². The van der Waals surface area contributed by atoms with Crippen LogP contribution in [0.25, 0.3) is 0 Å². The topological polar surface area (TPSA) is 12.5 Å². The number of ether oxygens (including phenoxy) is 1. The maximum absolute atomic E-state index is 5.46. The van der Waals surface area contributed by atoms with Gasteiger partial charge in [0.15, 0.2) is 0 Å². The lowest BCUT2D eigenvalue weighted by molar-refractivity contribution is 0.0506. The van der Waals surface area contributed by atoms with Gasteiger partial charge in [-0.1, -0.05) is 25.5 Å². The molecule has 2 fully saturated rings. The molecule has 0 spiro atoms. The van der Waals surface area contributed by atoms with E-state index in [-0.39, 0.29) is 0 Å². The monoisotopic (exact) mass is 273 g/mol. The van der Waals surface area contributed by atoms with E-state index in [1.54, 1.807) is 7.11 Å². The van der Waals surface area contributed by atoms with Crippen LogP contribution in [0.3, 0.4) is 0 Å². The highest BCUT2D eigenvalue weighted by Gasteiger charge is 2.46. The summed E-state index contributed by atoms with van der Waals surface area (Å²) in [7, 11) is 4.04. The summed E-state index contributed by atoms with van der Waals surface area (Å²) in [6.45, 7) is 4.90. The zero-order chi connectivity index (χ0) is 14.2. The SMILES string of the molecule is COc1cccc([C@@]23CCN(C)C[C@@H]2CC[C@H](C)C3)c1. The number of piperidine rings is 1. The fourth-order valence-electron chi connectivity index (χ4n) is 4.51. The minimum absolute atomic E-state index is 0.388. The molecule has 3 atom stereocenters. The summed E-state index contributed by atoms with van der Waals surface area (Å²) in [4.78, 5) is 2.51. The predicted molar refractivity (Wildman–Crippen MR) is 83.3 cm³/mol. The summed E-state index contributed by atoms with van der Waals surface area (Å²) in [5.74, 6) is 2.66. The third-order valence-corrected chi connectivity index (χ3v) is 5.62. The highest BCUT2D eigenvalue weighted by atomic mass is 16.5. The second kappa shape index (κ2) is 5.40. The molecule has 20 heavy (non-hydrogen) atoms. The molecule has 1 saturated heterocycles. The van der Waals surface area contributed by atoms with Crippen LogP contribution < -0.4 is 4.74 Å². The molecule has 1 aromatic carbocycles. The van der Waals surface area contributed by atoms with Gasteiger partial charge in [0.2, 0.25) is 0 Å². The van der Waals surface area contributed by atoms with E-state index in [0.29, 0.717) is 5.41 Å². The largest absolute Gasteiger partial charge is 0.497 e. The quantitative estimate of drug-likeness (QED) is 0.814. The van der Waals surface area contributed by atoms with Gasteiger partial charge < -0.3 is 9.64 Å². The van der Waals surface area contributed by atoms with Crippen LogP contribution in [-0.2, 0) is 5.41 Å².